The maximum atomic E-state index is 11.8. The first-order chi connectivity index (χ1) is 9.04. The van der Waals surface area contributed by atoms with E-state index in [1.165, 1.54) is 0 Å². The SMILES string of the molecule is CCC(N)CSCCC(=O)Nc1c(Cl)cccc1Cl. The molecule has 1 amide bonds. The van der Waals surface area contributed by atoms with Gasteiger partial charge in [0, 0.05) is 24.0 Å². The largest absolute Gasteiger partial charge is 0.327 e. The van der Waals surface area contributed by atoms with Crippen molar-refractivity contribution in [2.45, 2.75) is 25.8 Å². The van der Waals surface area contributed by atoms with Crippen molar-refractivity contribution in [3.8, 4) is 0 Å². The van der Waals surface area contributed by atoms with Crippen LogP contribution < -0.4 is 11.1 Å². The van der Waals surface area contributed by atoms with Gasteiger partial charge in [0.1, 0.15) is 0 Å². The van der Waals surface area contributed by atoms with Gasteiger partial charge >= 0.3 is 0 Å². The highest BCUT2D eigenvalue weighted by Gasteiger charge is 2.09. The summed E-state index contributed by atoms with van der Waals surface area (Å²) in [5, 5.41) is 3.62. The molecule has 0 spiro atoms. The Morgan fingerprint density at radius 1 is 1.42 bits per heavy atom. The molecule has 3 nitrogen and oxygen atoms in total. The first-order valence-corrected chi connectivity index (χ1v) is 8.02. The molecule has 1 rings (SSSR count). The highest BCUT2D eigenvalue weighted by molar-refractivity contribution is 7.99. The van der Waals surface area contributed by atoms with Crippen molar-refractivity contribution >= 4 is 46.6 Å². The van der Waals surface area contributed by atoms with E-state index in [1.807, 2.05) is 0 Å². The van der Waals surface area contributed by atoms with Gasteiger partial charge in [-0.2, -0.15) is 11.8 Å². The summed E-state index contributed by atoms with van der Waals surface area (Å²) in [5.41, 5.74) is 6.27. The minimum Gasteiger partial charge on any atom is -0.327 e. The zero-order chi connectivity index (χ0) is 14.3. The molecule has 1 unspecified atom stereocenters. The van der Waals surface area contributed by atoms with Crippen LogP contribution in [-0.4, -0.2) is 23.5 Å². The molecular weight excluding hydrogens is 303 g/mol. The van der Waals surface area contributed by atoms with Gasteiger partial charge in [0.2, 0.25) is 5.91 Å². The quantitative estimate of drug-likeness (QED) is 0.751. The van der Waals surface area contributed by atoms with Crippen molar-refractivity contribution in [2.75, 3.05) is 16.8 Å². The van der Waals surface area contributed by atoms with Crippen LogP contribution in [0.2, 0.25) is 10.0 Å². The summed E-state index contributed by atoms with van der Waals surface area (Å²) in [6, 6.07) is 5.32. The summed E-state index contributed by atoms with van der Waals surface area (Å²) >= 11 is 13.6. The molecule has 0 fully saturated rings. The zero-order valence-corrected chi connectivity index (χ0v) is 13.1. The van der Waals surface area contributed by atoms with Crippen LogP contribution in [0.25, 0.3) is 0 Å². The molecule has 0 radical (unpaired) electrons. The lowest BCUT2D eigenvalue weighted by atomic mass is 10.3. The van der Waals surface area contributed by atoms with Crippen molar-refractivity contribution in [1.82, 2.24) is 0 Å². The zero-order valence-electron chi connectivity index (χ0n) is 10.8. The van der Waals surface area contributed by atoms with Gasteiger partial charge in [-0.1, -0.05) is 36.2 Å². The maximum absolute atomic E-state index is 11.8. The Bertz CT molecular complexity index is 409. The van der Waals surface area contributed by atoms with Gasteiger partial charge in [-0.3, -0.25) is 4.79 Å². The number of rotatable bonds is 7. The summed E-state index contributed by atoms with van der Waals surface area (Å²) in [7, 11) is 0. The molecule has 0 bridgehead atoms. The molecule has 0 aliphatic rings. The van der Waals surface area contributed by atoms with E-state index in [1.54, 1.807) is 30.0 Å². The molecule has 1 atom stereocenters. The predicted molar refractivity (Wildman–Crippen MR) is 85.3 cm³/mol. The van der Waals surface area contributed by atoms with Crippen LogP contribution in [-0.2, 0) is 4.79 Å². The van der Waals surface area contributed by atoms with E-state index in [0.29, 0.717) is 22.2 Å². The monoisotopic (exact) mass is 320 g/mol. The van der Waals surface area contributed by atoms with E-state index in [-0.39, 0.29) is 11.9 Å². The van der Waals surface area contributed by atoms with E-state index in [4.69, 9.17) is 28.9 Å². The molecular formula is C13H18Cl2N2OS. The molecule has 0 saturated heterocycles. The number of thioether (sulfide) groups is 1. The summed E-state index contributed by atoms with van der Waals surface area (Å²) in [6.45, 7) is 2.05. The fourth-order valence-corrected chi connectivity index (χ4v) is 2.86. The minimum absolute atomic E-state index is 0.0902. The number of nitrogens with one attached hydrogen (secondary N) is 1. The number of hydrogen-bond donors (Lipinski definition) is 2. The van der Waals surface area contributed by atoms with Crippen LogP contribution >= 0.6 is 35.0 Å². The van der Waals surface area contributed by atoms with Gasteiger partial charge in [-0.15, -0.1) is 0 Å². The third-order valence-corrected chi connectivity index (χ3v) is 4.34. The van der Waals surface area contributed by atoms with Gasteiger partial charge in [0.15, 0.2) is 0 Å². The number of para-hydroxylation sites is 1. The number of carbonyl (C=O) groups is 1. The van der Waals surface area contributed by atoms with Crippen LogP contribution in [0.5, 0.6) is 0 Å². The van der Waals surface area contributed by atoms with E-state index in [9.17, 15) is 4.79 Å². The van der Waals surface area contributed by atoms with Crippen LogP contribution in [0.4, 0.5) is 5.69 Å². The number of halogens is 2. The normalized spacial score (nSPS) is 12.2. The number of nitrogens with two attached hydrogens (primary N) is 1. The predicted octanol–water partition coefficient (Wildman–Crippen LogP) is 3.79. The topological polar surface area (TPSA) is 55.1 Å². The number of anilines is 1. The fraction of sp³-hybridized carbons (Fsp3) is 0.462. The highest BCUT2D eigenvalue weighted by Crippen LogP contribution is 2.29. The molecule has 1 aromatic rings. The summed E-state index contributed by atoms with van der Waals surface area (Å²) in [5.74, 6) is 1.52. The maximum Gasteiger partial charge on any atom is 0.225 e. The lowest BCUT2D eigenvalue weighted by Crippen LogP contribution is -2.22. The molecule has 19 heavy (non-hydrogen) atoms. The van der Waals surface area contributed by atoms with E-state index in [0.717, 1.165) is 17.9 Å². The highest BCUT2D eigenvalue weighted by atomic mass is 35.5. The van der Waals surface area contributed by atoms with Crippen molar-refractivity contribution < 1.29 is 4.79 Å². The molecule has 1 aromatic carbocycles. The van der Waals surface area contributed by atoms with Crippen molar-refractivity contribution in [3.63, 3.8) is 0 Å². The second kappa shape index (κ2) is 8.69. The van der Waals surface area contributed by atoms with E-state index < -0.39 is 0 Å². The van der Waals surface area contributed by atoms with Gasteiger partial charge in [-0.25, -0.2) is 0 Å². The summed E-state index contributed by atoms with van der Waals surface area (Å²) in [4.78, 5) is 11.8. The van der Waals surface area contributed by atoms with Crippen LogP contribution in [0.1, 0.15) is 19.8 Å². The third-order valence-electron chi connectivity index (χ3n) is 2.56. The standard InChI is InChI=1S/C13H18Cl2N2OS/c1-2-9(16)8-19-7-6-12(18)17-13-10(14)4-3-5-11(13)15/h3-5,9H,2,6-8,16H2,1H3,(H,17,18). The average molecular weight is 321 g/mol. The molecule has 3 N–H and O–H groups in total. The van der Waals surface area contributed by atoms with Gasteiger partial charge in [-0.05, 0) is 18.6 Å². The van der Waals surface area contributed by atoms with Crippen LogP contribution in [0, 0.1) is 0 Å². The lowest BCUT2D eigenvalue weighted by Gasteiger charge is -2.10. The fourth-order valence-electron chi connectivity index (χ4n) is 1.34. The van der Waals surface area contributed by atoms with E-state index in [2.05, 4.69) is 12.2 Å². The Balaban J connectivity index is 2.35. The third kappa shape index (κ3) is 6.04. The first kappa shape index (κ1) is 16.6. The van der Waals surface area contributed by atoms with Gasteiger partial charge in [0.05, 0.1) is 15.7 Å². The van der Waals surface area contributed by atoms with Crippen molar-refractivity contribution in [1.29, 1.82) is 0 Å². The molecule has 0 heterocycles. The Kier molecular flexibility index (Phi) is 7.61. The summed E-state index contributed by atoms with van der Waals surface area (Å²) in [6.07, 6.45) is 1.37. The number of hydrogen-bond acceptors (Lipinski definition) is 3. The van der Waals surface area contributed by atoms with Crippen LogP contribution in [0.15, 0.2) is 18.2 Å². The van der Waals surface area contributed by atoms with Gasteiger partial charge in [0.25, 0.3) is 0 Å². The molecule has 0 saturated carbocycles. The molecule has 106 valence electrons. The number of carbonyl (C=O) groups excluding carboxylic acids is 1. The lowest BCUT2D eigenvalue weighted by molar-refractivity contribution is -0.115. The van der Waals surface area contributed by atoms with Crippen molar-refractivity contribution in [3.05, 3.63) is 28.2 Å². The Hall–Kier alpha value is -0.420. The molecule has 6 heteroatoms. The number of benzene rings is 1. The first-order valence-electron chi connectivity index (χ1n) is 6.11. The van der Waals surface area contributed by atoms with Crippen molar-refractivity contribution in [2.24, 2.45) is 5.73 Å². The van der Waals surface area contributed by atoms with Gasteiger partial charge < -0.3 is 11.1 Å². The molecule has 0 aliphatic heterocycles. The average Bonchev–Trinajstić information content (AvgIpc) is 2.39. The Morgan fingerprint density at radius 2 is 2.05 bits per heavy atom. The van der Waals surface area contributed by atoms with Crippen LogP contribution in [0.3, 0.4) is 0 Å². The smallest absolute Gasteiger partial charge is 0.225 e. The molecule has 0 aliphatic carbocycles. The minimum atomic E-state index is -0.0902. The Morgan fingerprint density at radius 3 is 2.63 bits per heavy atom. The second-order valence-electron chi connectivity index (χ2n) is 4.14. The second-order valence-corrected chi connectivity index (χ2v) is 6.10. The summed E-state index contributed by atoms with van der Waals surface area (Å²) < 4.78 is 0. The Labute approximate surface area is 128 Å². The molecule has 0 aromatic heterocycles. The van der Waals surface area contributed by atoms with E-state index >= 15 is 0 Å². The number of amides is 1.